The third-order valence-corrected chi connectivity index (χ3v) is 7.26. The van der Waals surface area contributed by atoms with Crippen LogP contribution in [0.5, 0.6) is 0 Å². The van der Waals surface area contributed by atoms with Crippen LogP contribution in [0.25, 0.3) is 0 Å². The quantitative estimate of drug-likeness (QED) is 0.0478. The van der Waals surface area contributed by atoms with Crippen LogP contribution in [0.15, 0.2) is 24.8 Å². The van der Waals surface area contributed by atoms with Crippen molar-refractivity contribution < 1.29 is 14.0 Å². The summed E-state index contributed by atoms with van der Waals surface area (Å²) in [6, 6.07) is 0. The topological polar surface area (TPSA) is 26.3 Å². The number of esters is 1. The maximum Gasteiger partial charge on any atom is 0.337 e. The van der Waals surface area contributed by atoms with E-state index in [2.05, 4.69) is 54.1 Å². The smallest absolute Gasteiger partial charge is 0.337 e. The van der Waals surface area contributed by atoms with Gasteiger partial charge in [0.15, 0.2) is 0 Å². The molecule has 0 radical (unpaired) electrons. The first-order chi connectivity index (χ1) is 14.7. The van der Waals surface area contributed by atoms with Crippen LogP contribution in [0.1, 0.15) is 124 Å². The summed E-state index contributed by atoms with van der Waals surface area (Å²) in [4.78, 5) is 12.2. The van der Waals surface area contributed by atoms with Gasteiger partial charge in [0.2, 0.25) is 6.23 Å². The SMILES string of the molecule is C=CC(CC)(CCCCCCCCCCCCCC)[N+](C)(C)C(CC)OC(=O)C(=C)C. The predicted octanol–water partition coefficient (Wildman–Crippen LogP) is 8.34. The molecule has 0 aliphatic heterocycles. The lowest BCUT2D eigenvalue weighted by Crippen LogP contribution is -2.64. The molecule has 0 saturated carbocycles. The van der Waals surface area contributed by atoms with Crippen LogP contribution in [0.4, 0.5) is 0 Å². The third-order valence-electron chi connectivity index (χ3n) is 7.26. The monoisotopic (exact) mass is 436 g/mol. The lowest BCUT2D eigenvalue weighted by molar-refractivity contribution is -0.975. The zero-order valence-electron chi connectivity index (χ0n) is 21.9. The minimum absolute atomic E-state index is 0.0888. The second-order valence-electron chi connectivity index (χ2n) is 9.89. The average molecular weight is 437 g/mol. The molecule has 0 aliphatic carbocycles. The van der Waals surface area contributed by atoms with Crippen molar-refractivity contribution >= 4 is 5.97 Å². The Morgan fingerprint density at radius 3 is 1.71 bits per heavy atom. The summed E-state index contributed by atoms with van der Waals surface area (Å²) in [7, 11) is 4.37. The van der Waals surface area contributed by atoms with Gasteiger partial charge in [-0.1, -0.05) is 105 Å². The summed E-state index contributed by atoms with van der Waals surface area (Å²) >= 11 is 0. The Morgan fingerprint density at radius 1 is 0.903 bits per heavy atom. The van der Waals surface area contributed by atoms with Crippen LogP contribution in [0, 0.1) is 0 Å². The Balaban J connectivity index is 4.48. The molecule has 0 aromatic rings. The largest absolute Gasteiger partial charge is 0.409 e. The van der Waals surface area contributed by atoms with Crippen LogP contribution in [-0.4, -0.2) is 36.3 Å². The van der Waals surface area contributed by atoms with E-state index in [1.165, 1.54) is 77.0 Å². The van der Waals surface area contributed by atoms with Crippen LogP contribution in [0.2, 0.25) is 0 Å². The molecule has 0 bridgehead atoms. The van der Waals surface area contributed by atoms with Crippen molar-refractivity contribution in [2.45, 2.75) is 136 Å². The summed E-state index contributed by atoms with van der Waals surface area (Å²) in [5.74, 6) is -0.294. The Labute approximate surface area is 194 Å². The van der Waals surface area contributed by atoms with Gasteiger partial charge in [-0.2, -0.15) is 0 Å². The lowest BCUT2D eigenvalue weighted by atomic mass is 9.85. The van der Waals surface area contributed by atoms with Crippen molar-refractivity contribution in [2.24, 2.45) is 0 Å². The molecular formula is C28H54NO2+. The van der Waals surface area contributed by atoms with Gasteiger partial charge in [-0.25, -0.2) is 4.79 Å². The molecule has 0 N–H and O–H groups in total. The van der Waals surface area contributed by atoms with Crippen molar-refractivity contribution in [1.29, 1.82) is 0 Å². The maximum atomic E-state index is 12.2. The molecule has 0 fully saturated rings. The van der Waals surface area contributed by atoms with Gasteiger partial charge in [-0.15, -0.1) is 0 Å². The molecule has 0 saturated heterocycles. The number of quaternary nitrogens is 1. The molecule has 0 spiro atoms. The summed E-state index contributed by atoms with van der Waals surface area (Å²) in [5, 5.41) is 0. The molecule has 0 heterocycles. The number of unbranched alkanes of at least 4 members (excludes halogenated alkanes) is 11. The van der Waals surface area contributed by atoms with Crippen molar-refractivity contribution in [3.05, 3.63) is 24.8 Å². The van der Waals surface area contributed by atoms with Gasteiger partial charge in [0.25, 0.3) is 0 Å². The number of ether oxygens (including phenoxy) is 1. The van der Waals surface area contributed by atoms with Crippen molar-refractivity contribution in [1.82, 2.24) is 0 Å². The Hall–Kier alpha value is -1.09. The number of hydrogen-bond donors (Lipinski definition) is 0. The van der Waals surface area contributed by atoms with Crippen molar-refractivity contribution in [2.75, 3.05) is 14.1 Å². The highest BCUT2D eigenvalue weighted by Crippen LogP contribution is 2.36. The molecule has 0 aromatic heterocycles. The highest BCUT2D eigenvalue weighted by molar-refractivity contribution is 5.87. The van der Waals surface area contributed by atoms with E-state index in [9.17, 15) is 4.79 Å². The number of rotatable bonds is 20. The molecule has 2 unspecified atom stereocenters. The second kappa shape index (κ2) is 16.5. The first kappa shape index (κ1) is 29.9. The summed E-state index contributed by atoms with van der Waals surface area (Å²) in [5.41, 5.74) is 0.370. The molecule has 0 rings (SSSR count). The van der Waals surface area contributed by atoms with Crippen LogP contribution in [0.3, 0.4) is 0 Å². The van der Waals surface area contributed by atoms with E-state index in [0.29, 0.717) is 10.1 Å². The highest BCUT2D eigenvalue weighted by Gasteiger charge is 2.47. The van der Waals surface area contributed by atoms with Crippen LogP contribution in [-0.2, 0) is 9.53 Å². The Morgan fingerprint density at radius 2 is 1.35 bits per heavy atom. The Bertz CT molecular complexity index is 511. The molecule has 3 nitrogen and oxygen atoms in total. The molecule has 2 atom stereocenters. The van der Waals surface area contributed by atoms with Crippen LogP contribution < -0.4 is 0 Å². The standard InChI is InChI=1S/C28H54NO2/c1-9-13-14-15-16-17-18-19-20-21-22-23-24-28(11-3,12-4)29(7,8)26(10-2)31-27(30)25(5)6/h11,26H,3,5,9-10,12-24H2,1-2,4,6-8H3/q+1. The van der Waals surface area contributed by atoms with E-state index < -0.39 is 0 Å². The van der Waals surface area contributed by atoms with Crippen molar-refractivity contribution in [3.63, 3.8) is 0 Å². The lowest BCUT2D eigenvalue weighted by Gasteiger charge is -2.50. The summed E-state index contributed by atoms with van der Waals surface area (Å²) < 4.78 is 6.46. The molecule has 3 heteroatoms. The maximum absolute atomic E-state index is 12.2. The van der Waals surface area contributed by atoms with Gasteiger partial charge in [0.1, 0.15) is 5.54 Å². The van der Waals surface area contributed by atoms with Gasteiger partial charge in [-0.3, -0.25) is 4.48 Å². The van der Waals surface area contributed by atoms with Gasteiger partial charge >= 0.3 is 5.97 Å². The predicted molar refractivity (Wildman–Crippen MR) is 136 cm³/mol. The van der Waals surface area contributed by atoms with Gasteiger partial charge in [-0.05, 0) is 19.4 Å². The van der Waals surface area contributed by atoms with E-state index >= 15 is 0 Å². The third kappa shape index (κ3) is 10.4. The van der Waals surface area contributed by atoms with E-state index in [0.717, 1.165) is 19.3 Å². The Kier molecular flexibility index (Phi) is 15.9. The van der Waals surface area contributed by atoms with Gasteiger partial charge in [0.05, 0.1) is 14.1 Å². The molecule has 0 aliphatic rings. The number of hydrogen-bond acceptors (Lipinski definition) is 2. The first-order valence-corrected chi connectivity index (χ1v) is 13.1. The van der Waals surface area contributed by atoms with E-state index in [-0.39, 0.29) is 17.7 Å². The molecule has 31 heavy (non-hydrogen) atoms. The fraction of sp³-hybridized carbons (Fsp3) is 0.821. The fourth-order valence-electron chi connectivity index (χ4n) is 4.81. The highest BCUT2D eigenvalue weighted by atomic mass is 16.6. The normalized spacial score (nSPS) is 14.6. The molecular weight excluding hydrogens is 382 g/mol. The van der Waals surface area contributed by atoms with Crippen molar-refractivity contribution in [3.8, 4) is 0 Å². The average Bonchev–Trinajstić information content (AvgIpc) is 2.75. The first-order valence-electron chi connectivity index (χ1n) is 13.1. The number of nitrogens with zero attached hydrogens (tertiary/aromatic N) is 1. The molecule has 182 valence electrons. The van der Waals surface area contributed by atoms with Gasteiger partial charge < -0.3 is 4.74 Å². The fourth-order valence-corrected chi connectivity index (χ4v) is 4.81. The van der Waals surface area contributed by atoms with E-state index in [1.54, 1.807) is 6.92 Å². The molecule has 0 aromatic carbocycles. The minimum atomic E-state index is -0.294. The second-order valence-corrected chi connectivity index (χ2v) is 9.89. The number of carbonyl (C=O) groups excluding carboxylic acids is 1. The van der Waals surface area contributed by atoms with E-state index in [4.69, 9.17) is 4.74 Å². The minimum Gasteiger partial charge on any atom is -0.409 e. The zero-order chi connectivity index (χ0) is 23.8. The van der Waals surface area contributed by atoms with Crippen LogP contribution >= 0.6 is 0 Å². The molecule has 0 amide bonds. The van der Waals surface area contributed by atoms with E-state index in [1.807, 2.05) is 0 Å². The van der Waals surface area contributed by atoms with Gasteiger partial charge in [0, 0.05) is 24.8 Å². The number of likely N-dealkylation sites (N-methyl/N-ethyl adjacent to an activating group) is 1. The summed E-state index contributed by atoms with van der Waals surface area (Å²) in [6.07, 6.45) is 21.1. The number of carbonyl (C=O) groups is 1. The summed E-state index contributed by atoms with van der Waals surface area (Å²) in [6.45, 7) is 16.2. The zero-order valence-corrected chi connectivity index (χ0v) is 21.9.